The average Bonchev–Trinajstić information content (AvgIpc) is 2.31. The van der Waals surface area contributed by atoms with Crippen LogP contribution < -0.4 is 5.32 Å². The molecule has 1 atom stereocenters. The van der Waals surface area contributed by atoms with Gasteiger partial charge < -0.3 is 27.1 Å². The Kier molecular flexibility index (Phi) is 10.6. The van der Waals surface area contributed by atoms with E-state index in [0.29, 0.717) is 0 Å². The fourth-order valence-electron chi connectivity index (χ4n) is 0.734. The summed E-state index contributed by atoms with van der Waals surface area (Å²) in [5.74, 6) is -0.665. The molecule has 0 aromatic heterocycles. The molecule has 1 unspecified atom stereocenters. The number of imide groups is 1. The first-order valence-corrected chi connectivity index (χ1v) is 3.90. The Morgan fingerprint density at radius 3 is 2.23 bits per heavy atom. The van der Waals surface area contributed by atoms with Crippen molar-refractivity contribution in [1.29, 1.82) is 0 Å². The summed E-state index contributed by atoms with van der Waals surface area (Å²) in [7, 11) is 1.64. The van der Waals surface area contributed by atoms with Crippen molar-refractivity contribution in [3.05, 3.63) is 12.2 Å². The van der Waals surface area contributed by atoms with Crippen molar-refractivity contribution < 1.29 is 42.3 Å². The van der Waals surface area contributed by atoms with Crippen molar-refractivity contribution in [2.45, 2.75) is 25.8 Å². The summed E-state index contributed by atoms with van der Waals surface area (Å²) < 4.78 is 0. The van der Waals surface area contributed by atoms with E-state index in [9.17, 15) is 9.59 Å². The summed E-state index contributed by atoms with van der Waals surface area (Å²) in [6.45, 7) is 5.50. The number of hydrogen-bond donors (Lipinski definition) is 1. The number of nitrogens with one attached hydrogen (secondary N) is 1. The first kappa shape index (κ1) is 15.7. The average molecular weight is 259 g/mol. The molecule has 0 spiro atoms. The minimum atomic E-state index is -0.363. The van der Waals surface area contributed by atoms with Crippen LogP contribution in [0.2, 0.25) is 0 Å². The van der Waals surface area contributed by atoms with Gasteiger partial charge in [0.25, 0.3) is 0 Å². The largest absolute Gasteiger partial charge is 0.595 e. The summed E-state index contributed by atoms with van der Waals surface area (Å²) in [5, 5.41) is 5.88. The van der Waals surface area contributed by atoms with Crippen LogP contribution in [0, 0.1) is 6.92 Å². The minimum absolute atomic E-state index is 0. The molecule has 1 aliphatic rings. The molecule has 1 fully saturated rings. The second kappa shape index (κ2) is 8.79. The van der Waals surface area contributed by atoms with E-state index in [-0.39, 0.29) is 57.0 Å². The predicted molar refractivity (Wildman–Crippen MR) is 46.5 cm³/mol. The van der Waals surface area contributed by atoms with E-state index in [1.807, 2.05) is 6.92 Å². The van der Waals surface area contributed by atoms with E-state index < -0.39 is 0 Å². The van der Waals surface area contributed by atoms with Crippen LogP contribution in [0.3, 0.4) is 0 Å². The number of hydrogen-bond acceptors (Lipinski definition) is 3. The smallest absolute Gasteiger partial charge is 0.0741 e. The summed E-state index contributed by atoms with van der Waals surface area (Å²) in [4.78, 5) is 21.0. The maximum Gasteiger partial charge on any atom is 0.0741 e. The summed E-state index contributed by atoms with van der Waals surface area (Å²) in [6.07, 6.45) is 1.22. The van der Waals surface area contributed by atoms with E-state index in [1.54, 1.807) is 7.05 Å². The minimum Gasteiger partial charge on any atom is -0.595 e. The molecule has 2 amide bonds. The molecule has 4 nitrogen and oxygen atoms in total. The predicted octanol–water partition coefficient (Wildman–Crippen LogP) is 0.633. The van der Waals surface area contributed by atoms with Crippen molar-refractivity contribution >= 4 is 11.8 Å². The van der Waals surface area contributed by atoms with Crippen LogP contribution in [-0.2, 0) is 42.3 Å². The Balaban J connectivity index is 0. The number of nitrogens with zero attached hydrogens (tertiary/aromatic N) is 1. The molecule has 1 rings (SSSR count). The van der Waals surface area contributed by atoms with Gasteiger partial charge in [0, 0.05) is 39.1 Å². The zero-order valence-electron chi connectivity index (χ0n) is 8.04. The SMILES string of the molecule is CNC1CC(=O)[N-]C1=O.[CH2-]CC.[Y]. The van der Waals surface area contributed by atoms with Gasteiger partial charge in [-0.15, -0.1) is 0 Å². The molecule has 1 saturated heterocycles. The molecule has 1 radical (unpaired) electrons. The standard InChI is InChI=1S/C5H8N2O2.C3H7.Y/c1-6-3-2-4(8)7-5(3)9;1-3-2;/h3,6H,2H2,1H3,(H,7,8,9);1,3H2,2H3;/q;-1;/p-1. The van der Waals surface area contributed by atoms with Gasteiger partial charge in [0.1, 0.15) is 0 Å². The molecule has 73 valence electrons. The van der Waals surface area contributed by atoms with Crippen molar-refractivity contribution in [3.63, 3.8) is 0 Å². The van der Waals surface area contributed by atoms with E-state index in [1.165, 1.54) is 0 Å². The van der Waals surface area contributed by atoms with Crippen molar-refractivity contribution in [2.75, 3.05) is 7.05 Å². The van der Waals surface area contributed by atoms with E-state index in [0.717, 1.165) is 6.42 Å². The fourth-order valence-corrected chi connectivity index (χ4v) is 0.734. The second-order valence-electron chi connectivity index (χ2n) is 2.39. The molecule has 0 bridgehead atoms. The van der Waals surface area contributed by atoms with Crippen LogP contribution in [0.15, 0.2) is 0 Å². The van der Waals surface area contributed by atoms with Crippen molar-refractivity contribution in [3.8, 4) is 0 Å². The van der Waals surface area contributed by atoms with Gasteiger partial charge in [0.15, 0.2) is 0 Å². The summed E-state index contributed by atoms with van der Waals surface area (Å²) in [6, 6.07) is -0.363. The van der Waals surface area contributed by atoms with Gasteiger partial charge in [-0.2, -0.15) is 6.42 Å². The third-order valence-electron chi connectivity index (χ3n) is 1.26. The maximum absolute atomic E-state index is 10.6. The van der Waals surface area contributed by atoms with Crippen molar-refractivity contribution in [1.82, 2.24) is 5.32 Å². The van der Waals surface area contributed by atoms with Gasteiger partial charge in [-0.05, 0) is 7.05 Å². The van der Waals surface area contributed by atoms with Crippen LogP contribution in [0.25, 0.3) is 5.32 Å². The van der Waals surface area contributed by atoms with Gasteiger partial charge in [-0.25, -0.2) is 0 Å². The second-order valence-corrected chi connectivity index (χ2v) is 2.39. The van der Waals surface area contributed by atoms with Crippen LogP contribution in [0.1, 0.15) is 19.8 Å². The Bertz CT molecular complexity index is 174. The molecule has 0 aromatic rings. The number of amides is 2. The van der Waals surface area contributed by atoms with Crippen LogP contribution in [0.4, 0.5) is 0 Å². The normalized spacial score (nSPS) is 19.8. The number of carbonyl (C=O) groups excluding carboxylic acids is 2. The fraction of sp³-hybridized carbons (Fsp3) is 0.625. The maximum atomic E-state index is 10.6. The Labute approximate surface area is 104 Å². The third kappa shape index (κ3) is 6.30. The zero-order chi connectivity index (χ0) is 9.56. The van der Waals surface area contributed by atoms with Crippen molar-refractivity contribution in [2.24, 2.45) is 0 Å². The molecule has 0 saturated carbocycles. The Hall–Kier alpha value is 0.204. The third-order valence-corrected chi connectivity index (χ3v) is 1.26. The van der Waals surface area contributed by atoms with E-state index >= 15 is 0 Å². The van der Waals surface area contributed by atoms with Crippen LogP contribution in [0.5, 0.6) is 0 Å². The molecule has 1 heterocycles. The summed E-state index contributed by atoms with van der Waals surface area (Å²) in [5.41, 5.74) is 0. The quantitative estimate of drug-likeness (QED) is 0.555. The molecule has 1 N–H and O–H groups in total. The van der Waals surface area contributed by atoms with Gasteiger partial charge >= 0.3 is 0 Å². The van der Waals surface area contributed by atoms with Gasteiger partial charge in [-0.3, -0.25) is 0 Å². The molecular weight excluding hydrogens is 245 g/mol. The van der Waals surface area contributed by atoms with E-state index in [4.69, 9.17) is 0 Å². The monoisotopic (exact) mass is 259 g/mol. The van der Waals surface area contributed by atoms with Gasteiger partial charge in [0.2, 0.25) is 0 Å². The first-order valence-electron chi connectivity index (χ1n) is 3.90. The first-order chi connectivity index (χ1) is 5.65. The zero-order valence-corrected chi connectivity index (χ0v) is 10.9. The Morgan fingerprint density at radius 2 is 2.08 bits per heavy atom. The number of likely N-dealkylation sites (N-methyl/N-ethyl adjacent to an activating group) is 1. The molecular formula is C8H14N2O2Y-2. The molecule has 0 aromatic carbocycles. The molecule has 13 heavy (non-hydrogen) atoms. The van der Waals surface area contributed by atoms with Gasteiger partial charge in [-0.1, -0.05) is 6.92 Å². The molecule has 5 heteroatoms. The molecule has 0 aliphatic carbocycles. The van der Waals surface area contributed by atoms with E-state index in [2.05, 4.69) is 17.6 Å². The Morgan fingerprint density at radius 1 is 1.62 bits per heavy atom. The van der Waals surface area contributed by atoms with Crippen LogP contribution >= 0.6 is 0 Å². The topological polar surface area (TPSA) is 60.3 Å². The van der Waals surface area contributed by atoms with Gasteiger partial charge in [0.05, 0.1) is 17.9 Å². The number of carbonyl (C=O) groups is 2. The summed E-state index contributed by atoms with van der Waals surface area (Å²) >= 11 is 0. The number of rotatable bonds is 1. The molecule has 1 aliphatic heterocycles. The van der Waals surface area contributed by atoms with Crippen LogP contribution in [-0.4, -0.2) is 24.9 Å².